The van der Waals surface area contributed by atoms with E-state index in [1.54, 1.807) is 45.0 Å². The van der Waals surface area contributed by atoms with E-state index in [-0.39, 0.29) is 22.9 Å². The van der Waals surface area contributed by atoms with Crippen molar-refractivity contribution in [3.8, 4) is 11.6 Å². The number of esters is 1. The zero-order chi connectivity index (χ0) is 21.9. The fourth-order valence-electron chi connectivity index (χ4n) is 2.64. The number of sulfonamides is 1. The maximum Gasteiger partial charge on any atom is 0.315 e. The number of H-pyrrole nitrogens is 1. The standard InChI is InChI=1S/C20H22N4O5S/c1-20(2,3)23-30(27,28)15-9-10-17(21-12-15)24-19(26)16(13-22-24)29-18(25)11-14-7-5-4-6-8-14/h4-10,12-13,22-23H,11H2,1-3H3. The lowest BCUT2D eigenvalue weighted by atomic mass is 10.1. The normalized spacial score (nSPS) is 12.0. The average molecular weight is 430 g/mol. The van der Waals surface area contributed by atoms with E-state index < -0.39 is 27.1 Å². The lowest BCUT2D eigenvalue weighted by Gasteiger charge is -2.20. The predicted molar refractivity (Wildman–Crippen MR) is 110 cm³/mol. The van der Waals surface area contributed by atoms with Gasteiger partial charge in [0.15, 0.2) is 5.82 Å². The van der Waals surface area contributed by atoms with Gasteiger partial charge in [-0.25, -0.2) is 18.1 Å². The van der Waals surface area contributed by atoms with Gasteiger partial charge in [0.25, 0.3) is 0 Å². The van der Waals surface area contributed by atoms with Crippen LogP contribution in [-0.4, -0.2) is 34.7 Å². The molecule has 2 heterocycles. The number of carbonyl (C=O) groups excluding carboxylic acids is 1. The molecule has 0 bridgehead atoms. The number of nitrogens with zero attached hydrogens (tertiary/aromatic N) is 2. The molecule has 0 aliphatic heterocycles. The topological polar surface area (TPSA) is 123 Å². The second-order valence-electron chi connectivity index (χ2n) is 7.62. The minimum atomic E-state index is -3.75. The summed E-state index contributed by atoms with van der Waals surface area (Å²) < 4.78 is 33.4. The molecular weight excluding hydrogens is 408 g/mol. The lowest BCUT2D eigenvalue weighted by molar-refractivity contribution is -0.133. The first-order valence-electron chi connectivity index (χ1n) is 9.11. The van der Waals surface area contributed by atoms with Crippen molar-refractivity contribution in [1.29, 1.82) is 0 Å². The van der Waals surface area contributed by atoms with Gasteiger partial charge in [0.05, 0.1) is 12.6 Å². The van der Waals surface area contributed by atoms with Gasteiger partial charge >= 0.3 is 11.5 Å². The summed E-state index contributed by atoms with van der Waals surface area (Å²) in [7, 11) is -3.75. The maximum atomic E-state index is 12.5. The smallest absolute Gasteiger partial charge is 0.315 e. The third-order valence-electron chi connectivity index (χ3n) is 3.85. The van der Waals surface area contributed by atoms with Crippen molar-refractivity contribution in [3.05, 3.63) is 70.8 Å². The Morgan fingerprint density at radius 1 is 1.17 bits per heavy atom. The third-order valence-corrected chi connectivity index (χ3v) is 5.60. The molecule has 0 unspecified atom stereocenters. The molecule has 30 heavy (non-hydrogen) atoms. The SMILES string of the molecule is CC(C)(C)NS(=O)(=O)c1ccc(-n2[nH]cc(OC(=O)Cc3ccccc3)c2=O)nc1. The van der Waals surface area contributed by atoms with Crippen LogP contribution in [0.4, 0.5) is 0 Å². The number of hydrogen-bond acceptors (Lipinski definition) is 6. The minimum Gasteiger partial charge on any atom is -0.419 e. The first-order chi connectivity index (χ1) is 14.0. The van der Waals surface area contributed by atoms with Crippen LogP contribution in [0.5, 0.6) is 5.75 Å². The number of pyridine rings is 1. The van der Waals surface area contributed by atoms with E-state index >= 15 is 0 Å². The fourth-order valence-corrected chi connectivity index (χ4v) is 4.01. The summed E-state index contributed by atoms with van der Waals surface area (Å²) in [4.78, 5) is 28.6. The maximum absolute atomic E-state index is 12.5. The summed E-state index contributed by atoms with van der Waals surface area (Å²) in [5.74, 6) is -0.601. The number of carbonyl (C=O) groups is 1. The molecule has 10 heteroatoms. The Balaban J connectivity index is 1.76. The van der Waals surface area contributed by atoms with E-state index in [4.69, 9.17) is 4.74 Å². The largest absolute Gasteiger partial charge is 0.419 e. The Hall–Kier alpha value is -3.24. The molecule has 0 atom stereocenters. The fraction of sp³-hybridized carbons (Fsp3) is 0.250. The van der Waals surface area contributed by atoms with Gasteiger partial charge in [-0.15, -0.1) is 0 Å². The van der Waals surface area contributed by atoms with Crippen LogP contribution in [-0.2, 0) is 21.2 Å². The van der Waals surface area contributed by atoms with E-state index in [1.807, 2.05) is 6.07 Å². The molecule has 0 amide bonds. The highest BCUT2D eigenvalue weighted by Gasteiger charge is 2.22. The van der Waals surface area contributed by atoms with Crippen LogP contribution in [0.2, 0.25) is 0 Å². The average Bonchev–Trinajstić information content (AvgIpc) is 3.01. The van der Waals surface area contributed by atoms with Gasteiger partial charge in [0.1, 0.15) is 4.90 Å². The zero-order valence-electron chi connectivity index (χ0n) is 16.7. The van der Waals surface area contributed by atoms with Crippen LogP contribution in [0, 0.1) is 0 Å². The Labute approximate surface area is 173 Å². The van der Waals surface area contributed by atoms with Crippen molar-refractivity contribution in [3.63, 3.8) is 0 Å². The highest BCUT2D eigenvalue weighted by atomic mass is 32.2. The molecule has 3 rings (SSSR count). The predicted octanol–water partition coefficient (Wildman–Crippen LogP) is 1.79. The Morgan fingerprint density at radius 2 is 1.87 bits per heavy atom. The number of benzene rings is 1. The van der Waals surface area contributed by atoms with Gasteiger partial charge in [-0.05, 0) is 38.5 Å². The number of aromatic amines is 1. The summed E-state index contributed by atoms with van der Waals surface area (Å²) in [5, 5.41) is 2.66. The first-order valence-corrected chi connectivity index (χ1v) is 10.6. The van der Waals surface area contributed by atoms with E-state index in [9.17, 15) is 18.0 Å². The molecule has 0 spiro atoms. The molecule has 9 nitrogen and oxygen atoms in total. The van der Waals surface area contributed by atoms with Crippen molar-refractivity contribution < 1.29 is 17.9 Å². The number of hydrogen-bond donors (Lipinski definition) is 2. The summed E-state index contributed by atoms with van der Waals surface area (Å²) in [6.07, 6.45) is 2.42. The van der Waals surface area contributed by atoms with Gasteiger partial charge < -0.3 is 4.74 Å². The van der Waals surface area contributed by atoms with Crippen molar-refractivity contribution in [2.24, 2.45) is 0 Å². The van der Waals surface area contributed by atoms with Gasteiger partial charge in [-0.3, -0.25) is 14.7 Å². The van der Waals surface area contributed by atoms with Gasteiger partial charge in [0.2, 0.25) is 15.8 Å². The molecule has 2 aromatic heterocycles. The Bertz CT molecular complexity index is 1190. The zero-order valence-corrected chi connectivity index (χ0v) is 17.6. The third kappa shape index (κ3) is 5.22. The van der Waals surface area contributed by atoms with E-state index in [0.29, 0.717) is 0 Å². The first kappa shape index (κ1) is 21.5. The van der Waals surface area contributed by atoms with Crippen LogP contribution >= 0.6 is 0 Å². The van der Waals surface area contributed by atoms with E-state index in [0.717, 1.165) is 16.4 Å². The van der Waals surface area contributed by atoms with Crippen LogP contribution in [0.25, 0.3) is 5.82 Å². The second kappa shape index (κ2) is 8.25. The number of ether oxygens (including phenoxy) is 1. The Morgan fingerprint density at radius 3 is 2.47 bits per heavy atom. The monoisotopic (exact) mass is 430 g/mol. The number of nitrogens with one attached hydrogen (secondary N) is 2. The Kier molecular flexibility index (Phi) is 5.90. The van der Waals surface area contributed by atoms with Crippen molar-refractivity contribution >= 4 is 16.0 Å². The summed E-state index contributed by atoms with van der Waals surface area (Å²) in [5.41, 5.74) is -0.500. The molecular formula is C20H22N4O5S. The summed E-state index contributed by atoms with van der Waals surface area (Å²) >= 11 is 0. The molecule has 0 fully saturated rings. The molecule has 0 aliphatic carbocycles. The quantitative estimate of drug-likeness (QED) is 0.575. The molecule has 0 aliphatic rings. The van der Waals surface area contributed by atoms with Gasteiger partial charge in [-0.2, -0.15) is 4.68 Å². The second-order valence-corrected chi connectivity index (χ2v) is 9.30. The van der Waals surface area contributed by atoms with Crippen molar-refractivity contribution in [2.45, 2.75) is 37.6 Å². The van der Waals surface area contributed by atoms with E-state index in [1.165, 1.54) is 18.3 Å². The van der Waals surface area contributed by atoms with E-state index in [2.05, 4.69) is 14.8 Å². The molecule has 0 saturated carbocycles. The lowest BCUT2D eigenvalue weighted by Crippen LogP contribution is -2.40. The van der Waals surface area contributed by atoms with Gasteiger partial charge in [-0.1, -0.05) is 30.3 Å². The summed E-state index contributed by atoms with van der Waals surface area (Å²) in [6.45, 7) is 5.18. The van der Waals surface area contributed by atoms with Crippen LogP contribution in [0.3, 0.4) is 0 Å². The molecule has 158 valence electrons. The molecule has 0 saturated heterocycles. The number of aromatic nitrogens is 3. The van der Waals surface area contributed by atoms with Crippen LogP contribution < -0.4 is 15.0 Å². The summed E-state index contributed by atoms with van der Waals surface area (Å²) in [6, 6.07) is 11.7. The molecule has 0 radical (unpaired) electrons. The van der Waals surface area contributed by atoms with Crippen molar-refractivity contribution in [2.75, 3.05) is 0 Å². The highest BCUT2D eigenvalue weighted by molar-refractivity contribution is 7.89. The van der Waals surface area contributed by atoms with Gasteiger partial charge in [0, 0.05) is 11.7 Å². The van der Waals surface area contributed by atoms with Crippen LogP contribution in [0.1, 0.15) is 26.3 Å². The number of rotatable bonds is 6. The van der Waals surface area contributed by atoms with Crippen LogP contribution in [0.15, 0.2) is 64.5 Å². The van der Waals surface area contributed by atoms with Crippen molar-refractivity contribution in [1.82, 2.24) is 19.5 Å². The molecule has 3 aromatic rings. The molecule has 1 aromatic carbocycles. The minimum absolute atomic E-state index is 0.0248. The molecule has 2 N–H and O–H groups in total. The highest BCUT2D eigenvalue weighted by Crippen LogP contribution is 2.14.